The van der Waals surface area contributed by atoms with E-state index in [-0.39, 0.29) is 46.7 Å². The molecular weight excluding hydrogens is 362 g/mol. The maximum Gasteiger partial charge on any atom is 0.255 e. The second kappa shape index (κ2) is 5.95. The first-order valence-electron chi connectivity index (χ1n) is 9.21. The van der Waals surface area contributed by atoms with Gasteiger partial charge in [-0.2, -0.15) is 0 Å². The van der Waals surface area contributed by atoms with Gasteiger partial charge in [-0.25, -0.2) is 0 Å². The van der Waals surface area contributed by atoms with Gasteiger partial charge in [0.2, 0.25) is 0 Å². The van der Waals surface area contributed by atoms with Crippen molar-refractivity contribution in [2.45, 2.75) is 32.6 Å². The Morgan fingerprint density at radius 3 is 2.50 bits per heavy atom. The van der Waals surface area contributed by atoms with E-state index in [0.717, 1.165) is 11.1 Å². The normalized spacial score (nSPS) is 29.4. The molecule has 146 valence electrons. The molecule has 3 aliphatic carbocycles. The number of allylic oxidation sites excluding steroid dienone is 3. The second-order valence-electron chi connectivity index (χ2n) is 7.94. The summed E-state index contributed by atoms with van der Waals surface area (Å²) in [4.78, 5) is 37.6. The Morgan fingerprint density at radius 1 is 1.18 bits per heavy atom. The average molecular weight is 383 g/mol. The minimum Gasteiger partial charge on any atom is -0.511 e. The van der Waals surface area contributed by atoms with Crippen LogP contribution in [-0.4, -0.2) is 32.8 Å². The van der Waals surface area contributed by atoms with Gasteiger partial charge in [-0.3, -0.25) is 14.4 Å². The van der Waals surface area contributed by atoms with Crippen molar-refractivity contribution in [3.8, 4) is 5.75 Å². The number of aliphatic hydroxyl groups excluding tert-OH is 2. The van der Waals surface area contributed by atoms with E-state index in [1.54, 1.807) is 6.07 Å². The van der Waals surface area contributed by atoms with Crippen LogP contribution in [0.25, 0.3) is 0 Å². The second-order valence-corrected chi connectivity index (χ2v) is 7.94. The molecule has 3 aliphatic rings. The van der Waals surface area contributed by atoms with Crippen LogP contribution in [0.4, 0.5) is 0 Å². The monoisotopic (exact) mass is 383 g/mol. The molecular formula is C21H21NO6. The molecule has 0 fully saturated rings. The Hall–Kier alpha value is -3.09. The Labute approximate surface area is 161 Å². The fourth-order valence-corrected chi connectivity index (χ4v) is 5.22. The molecule has 0 radical (unpaired) electrons. The quantitative estimate of drug-likeness (QED) is 0.549. The number of primary amides is 1. The molecule has 7 heteroatoms. The number of nitrogens with two attached hydrogens (primary N) is 1. The molecule has 0 aliphatic heterocycles. The van der Waals surface area contributed by atoms with Crippen LogP contribution in [0.15, 0.2) is 34.8 Å². The van der Waals surface area contributed by atoms with Crippen LogP contribution >= 0.6 is 0 Å². The highest BCUT2D eigenvalue weighted by Crippen LogP contribution is 2.53. The summed E-state index contributed by atoms with van der Waals surface area (Å²) in [6.45, 7) is 3.78. The molecule has 1 aromatic rings. The van der Waals surface area contributed by atoms with Crippen LogP contribution in [0.1, 0.15) is 47.2 Å². The van der Waals surface area contributed by atoms with Gasteiger partial charge in [-0.1, -0.05) is 13.0 Å². The Balaban J connectivity index is 1.91. The lowest BCUT2D eigenvalue weighted by molar-refractivity contribution is -0.126. The predicted molar refractivity (Wildman–Crippen MR) is 98.8 cm³/mol. The maximum absolute atomic E-state index is 13.2. The van der Waals surface area contributed by atoms with E-state index in [4.69, 9.17) is 5.73 Å². The van der Waals surface area contributed by atoms with Gasteiger partial charge in [0.05, 0.1) is 11.5 Å². The van der Waals surface area contributed by atoms with Crippen LogP contribution in [0, 0.1) is 24.7 Å². The third-order valence-electron chi connectivity index (χ3n) is 6.46. The van der Waals surface area contributed by atoms with Crippen molar-refractivity contribution in [1.82, 2.24) is 0 Å². The average Bonchev–Trinajstić information content (AvgIpc) is 2.60. The Bertz CT molecular complexity index is 1020. The number of hydrogen-bond donors (Lipinski definition) is 4. The standard InChI is InChI=1S/C21H21NO6/c1-7-3-4-11(23)16-13(7)8(2)10-5-9-6-12(24)17(21(22)28)19(26)14(9)18(25)15(10)20(16)27/h3-4,8-10,14,23-25H,5-6H2,1-2H3,(H2,22,28)/t8-,9?,10?,14?/m0/s1. The van der Waals surface area contributed by atoms with E-state index in [1.807, 2.05) is 13.8 Å². The van der Waals surface area contributed by atoms with Crippen LogP contribution in [0.3, 0.4) is 0 Å². The summed E-state index contributed by atoms with van der Waals surface area (Å²) in [6.07, 6.45) is 0.433. The number of aliphatic hydroxyl groups is 2. The van der Waals surface area contributed by atoms with Gasteiger partial charge in [-0.15, -0.1) is 0 Å². The van der Waals surface area contributed by atoms with Gasteiger partial charge in [0.25, 0.3) is 5.91 Å². The van der Waals surface area contributed by atoms with Crippen molar-refractivity contribution in [3.05, 3.63) is 51.5 Å². The Morgan fingerprint density at radius 2 is 1.86 bits per heavy atom. The lowest BCUT2D eigenvalue weighted by Gasteiger charge is -2.43. The number of aryl methyl sites for hydroxylation is 1. The molecule has 1 aromatic carbocycles. The Kier molecular flexibility index (Phi) is 3.89. The molecule has 0 saturated carbocycles. The summed E-state index contributed by atoms with van der Waals surface area (Å²) < 4.78 is 0. The highest BCUT2D eigenvalue weighted by Gasteiger charge is 2.51. The number of rotatable bonds is 1. The van der Waals surface area contributed by atoms with E-state index >= 15 is 0 Å². The van der Waals surface area contributed by atoms with Crippen molar-refractivity contribution >= 4 is 17.5 Å². The van der Waals surface area contributed by atoms with E-state index in [1.165, 1.54) is 6.07 Å². The van der Waals surface area contributed by atoms with Crippen molar-refractivity contribution in [3.63, 3.8) is 0 Å². The molecule has 1 amide bonds. The third-order valence-corrected chi connectivity index (χ3v) is 6.46. The third kappa shape index (κ3) is 2.25. The molecule has 0 aromatic heterocycles. The smallest absolute Gasteiger partial charge is 0.255 e. The van der Waals surface area contributed by atoms with Crippen LogP contribution in [-0.2, 0) is 9.59 Å². The lowest BCUT2D eigenvalue weighted by Crippen LogP contribution is -2.44. The fourth-order valence-electron chi connectivity index (χ4n) is 5.22. The number of phenolic OH excluding ortho intramolecular Hbond substituents is 1. The summed E-state index contributed by atoms with van der Waals surface area (Å²) in [6, 6.07) is 3.19. The highest BCUT2D eigenvalue weighted by molar-refractivity contribution is 6.22. The molecule has 4 atom stereocenters. The molecule has 0 saturated heterocycles. The molecule has 4 rings (SSSR count). The van der Waals surface area contributed by atoms with Gasteiger partial charge >= 0.3 is 0 Å². The summed E-state index contributed by atoms with van der Waals surface area (Å²) >= 11 is 0. The van der Waals surface area contributed by atoms with Crippen molar-refractivity contribution in [2.75, 3.05) is 0 Å². The number of hydrogen-bond acceptors (Lipinski definition) is 6. The van der Waals surface area contributed by atoms with Crippen LogP contribution < -0.4 is 5.73 Å². The zero-order valence-corrected chi connectivity index (χ0v) is 15.5. The largest absolute Gasteiger partial charge is 0.511 e. The van der Waals surface area contributed by atoms with Crippen molar-refractivity contribution < 1.29 is 29.7 Å². The number of amides is 1. The summed E-state index contributed by atoms with van der Waals surface area (Å²) in [5, 5.41) is 31.4. The lowest BCUT2D eigenvalue weighted by atomic mass is 9.59. The molecule has 5 N–H and O–H groups in total. The number of carbonyl (C=O) groups is 3. The van der Waals surface area contributed by atoms with Crippen LogP contribution in [0.2, 0.25) is 0 Å². The number of fused-ring (bicyclic) bond motifs is 3. The summed E-state index contributed by atoms with van der Waals surface area (Å²) in [5.74, 6) is -5.25. The molecule has 3 unspecified atom stereocenters. The van der Waals surface area contributed by atoms with Gasteiger partial charge in [0.15, 0.2) is 11.6 Å². The van der Waals surface area contributed by atoms with E-state index < -0.39 is 34.9 Å². The summed E-state index contributed by atoms with van der Waals surface area (Å²) in [5.41, 5.74) is 6.58. The summed E-state index contributed by atoms with van der Waals surface area (Å²) in [7, 11) is 0. The SMILES string of the molecule is Cc1ccc(O)c2c1[C@@H](C)C1CC3CC(O)=C(C(N)=O)C(=O)C3C(O)=C1C2=O. The number of phenols is 1. The van der Waals surface area contributed by atoms with Gasteiger partial charge < -0.3 is 21.1 Å². The maximum atomic E-state index is 13.2. The zero-order valence-electron chi connectivity index (χ0n) is 15.5. The van der Waals surface area contributed by atoms with Crippen molar-refractivity contribution in [1.29, 1.82) is 0 Å². The van der Waals surface area contributed by atoms with E-state index in [0.29, 0.717) is 6.42 Å². The predicted octanol–water partition coefficient (Wildman–Crippen LogP) is 2.34. The zero-order chi connectivity index (χ0) is 20.5. The molecule has 0 bridgehead atoms. The molecule has 28 heavy (non-hydrogen) atoms. The number of carbonyl (C=O) groups excluding carboxylic acids is 3. The number of benzene rings is 1. The fraction of sp³-hybridized carbons (Fsp3) is 0.381. The topological polar surface area (TPSA) is 138 Å². The van der Waals surface area contributed by atoms with Crippen molar-refractivity contribution in [2.24, 2.45) is 23.5 Å². The first kappa shape index (κ1) is 18.3. The van der Waals surface area contributed by atoms with Gasteiger partial charge in [0, 0.05) is 12.0 Å². The first-order chi connectivity index (χ1) is 13.1. The van der Waals surface area contributed by atoms with Gasteiger partial charge in [0.1, 0.15) is 22.8 Å². The minimum absolute atomic E-state index is 0.0370. The van der Waals surface area contributed by atoms with E-state index in [9.17, 15) is 29.7 Å². The molecule has 7 nitrogen and oxygen atoms in total. The van der Waals surface area contributed by atoms with Crippen LogP contribution in [0.5, 0.6) is 5.75 Å². The van der Waals surface area contributed by atoms with E-state index in [2.05, 4.69) is 0 Å². The molecule has 0 spiro atoms. The number of aromatic hydroxyl groups is 1. The first-order valence-corrected chi connectivity index (χ1v) is 9.21. The van der Waals surface area contributed by atoms with Gasteiger partial charge in [-0.05, 0) is 48.3 Å². The number of ketones is 2. The molecule has 0 heterocycles. The number of Topliss-reactive ketones (excluding diaryl/α,β-unsaturated/α-hetero) is 2. The highest BCUT2D eigenvalue weighted by atomic mass is 16.3. The minimum atomic E-state index is -1.09.